The summed E-state index contributed by atoms with van der Waals surface area (Å²) in [6.45, 7) is 1.40. The highest BCUT2D eigenvalue weighted by atomic mass is 35.5. The van der Waals surface area contributed by atoms with Crippen LogP contribution in [-0.4, -0.2) is 12.4 Å². The van der Waals surface area contributed by atoms with Crippen molar-refractivity contribution in [3.8, 4) is 0 Å². The zero-order valence-electron chi connectivity index (χ0n) is 9.11. The first-order chi connectivity index (χ1) is 7.75. The van der Waals surface area contributed by atoms with E-state index in [4.69, 9.17) is 23.2 Å². The number of alkyl halides is 1. The largest absolute Gasteiger partial charge is 0.313 e. The second kappa shape index (κ2) is 7.88. The lowest BCUT2D eigenvalue weighted by Crippen LogP contribution is -2.15. The Morgan fingerprint density at radius 1 is 1.19 bits per heavy atom. The van der Waals surface area contributed by atoms with Crippen molar-refractivity contribution in [1.29, 1.82) is 0 Å². The molecule has 0 unspecified atom stereocenters. The monoisotopic (exact) mass is 263 g/mol. The summed E-state index contributed by atoms with van der Waals surface area (Å²) in [5.41, 5.74) is 0.616. The van der Waals surface area contributed by atoms with Gasteiger partial charge in [-0.3, -0.25) is 0 Å². The van der Waals surface area contributed by atoms with Gasteiger partial charge in [-0.2, -0.15) is 0 Å². The molecule has 0 atom stereocenters. The number of unbranched alkanes of at least 4 members (excludes halogenated alkanes) is 2. The van der Waals surface area contributed by atoms with Crippen LogP contribution in [0.2, 0.25) is 5.02 Å². The molecule has 4 heteroatoms. The molecule has 0 amide bonds. The maximum absolute atomic E-state index is 13.4. The molecule has 0 spiro atoms. The Morgan fingerprint density at radius 3 is 2.75 bits per heavy atom. The number of halogens is 3. The highest BCUT2D eigenvalue weighted by Gasteiger charge is 2.04. The number of nitrogens with one attached hydrogen (secondary N) is 1. The van der Waals surface area contributed by atoms with Gasteiger partial charge in [-0.05, 0) is 25.5 Å². The standard InChI is InChI=1S/C12H16Cl2FN/c13-7-2-1-3-8-16-9-10-5-4-6-11(14)12(10)15/h4-6,16H,1-3,7-9H2. The number of rotatable bonds is 7. The SMILES string of the molecule is Fc1c(Cl)cccc1CNCCCCCCl. The van der Waals surface area contributed by atoms with E-state index in [2.05, 4.69) is 5.32 Å². The summed E-state index contributed by atoms with van der Waals surface area (Å²) >= 11 is 11.2. The van der Waals surface area contributed by atoms with Gasteiger partial charge in [0.1, 0.15) is 5.82 Å². The summed E-state index contributed by atoms with van der Waals surface area (Å²) < 4.78 is 13.4. The molecule has 0 heterocycles. The van der Waals surface area contributed by atoms with Crippen molar-refractivity contribution < 1.29 is 4.39 Å². The zero-order chi connectivity index (χ0) is 11.8. The Bertz CT molecular complexity index is 318. The van der Waals surface area contributed by atoms with E-state index in [-0.39, 0.29) is 10.8 Å². The van der Waals surface area contributed by atoms with E-state index in [1.165, 1.54) is 0 Å². The van der Waals surface area contributed by atoms with Crippen LogP contribution in [0.4, 0.5) is 4.39 Å². The average Bonchev–Trinajstić information content (AvgIpc) is 2.29. The van der Waals surface area contributed by atoms with Crippen LogP contribution >= 0.6 is 23.2 Å². The van der Waals surface area contributed by atoms with E-state index in [1.807, 2.05) is 0 Å². The summed E-state index contributed by atoms with van der Waals surface area (Å²) in [5, 5.41) is 3.37. The molecular weight excluding hydrogens is 248 g/mol. The Balaban J connectivity index is 2.24. The molecule has 16 heavy (non-hydrogen) atoms. The molecule has 0 saturated heterocycles. The third-order valence-corrected chi connectivity index (χ3v) is 2.89. The normalized spacial score (nSPS) is 10.7. The van der Waals surface area contributed by atoms with Gasteiger partial charge >= 0.3 is 0 Å². The van der Waals surface area contributed by atoms with Crippen LogP contribution < -0.4 is 5.32 Å². The lowest BCUT2D eigenvalue weighted by molar-refractivity contribution is 0.574. The van der Waals surface area contributed by atoms with Gasteiger partial charge in [0.15, 0.2) is 0 Å². The maximum Gasteiger partial charge on any atom is 0.146 e. The van der Waals surface area contributed by atoms with Crippen molar-refractivity contribution in [3.05, 3.63) is 34.6 Å². The van der Waals surface area contributed by atoms with Gasteiger partial charge in [0.2, 0.25) is 0 Å². The smallest absolute Gasteiger partial charge is 0.146 e. The third-order valence-electron chi connectivity index (χ3n) is 2.33. The first-order valence-corrected chi connectivity index (χ1v) is 6.36. The Morgan fingerprint density at radius 2 is 2.00 bits per heavy atom. The van der Waals surface area contributed by atoms with Gasteiger partial charge in [-0.25, -0.2) is 4.39 Å². The Hall–Kier alpha value is -0.310. The van der Waals surface area contributed by atoms with Gasteiger partial charge in [0, 0.05) is 18.0 Å². The summed E-state index contributed by atoms with van der Waals surface area (Å²) in [6, 6.07) is 5.06. The van der Waals surface area contributed by atoms with Gasteiger partial charge in [-0.1, -0.05) is 30.2 Å². The molecule has 1 nitrogen and oxygen atoms in total. The molecule has 1 aromatic rings. The lowest BCUT2D eigenvalue weighted by Gasteiger charge is -2.06. The van der Waals surface area contributed by atoms with Gasteiger partial charge in [0.25, 0.3) is 0 Å². The van der Waals surface area contributed by atoms with E-state index in [0.717, 1.165) is 25.8 Å². The van der Waals surface area contributed by atoms with Crippen LogP contribution in [-0.2, 0) is 6.54 Å². The molecular formula is C12H16Cl2FN. The molecule has 0 fully saturated rings. The van der Waals surface area contributed by atoms with Crippen LogP contribution in [0.25, 0.3) is 0 Å². The number of hydrogen-bond acceptors (Lipinski definition) is 1. The molecule has 0 aromatic heterocycles. The van der Waals surface area contributed by atoms with Crippen molar-refractivity contribution in [2.24, 2.45) is 0 Å². The predicted molar refractivity (Wildman–Crippen MR) is 67.7 cm³/mol. The molecule has 1 rings (SSSR count). The fraction of sp³-hybridized carbons (Fsp3) is 0.500. The molecule has 1 N–H and O–H groups in total. The van der Waals surface area contributed by atoms with Crippen molar-refractivity contribution >= 4 is 23.2 Å². The molecule has 0 bridgehead atoms. The summed E-state index contributed by atoms with van der Waals surface area (Å²) in [6.07, 6.45) is 3.21. The average molecular weight is 264 g/mol. The number of hydrogen-bond donors (Lipinski definition) is 1. The van der Waals surface area contributed by atoms with Gasteiger partial charge < -0.3 is 5.32 Å². The van der Waals surface area contributed by atoms with Gasteiger partial charge in [-0.15, -0.1) is 11.6 Å². The topological polar surface area (TPSA) is 12.0 Å². The van der Waals surface area contributed by atoms with Crippen LogP contribution in [0.5, 0.6) is 0 Å². The second-order valence-corrected chi connectivity index (χ2v) is 4.42. The molecule has 0 saturated carbocycles. The van der Waals surface area contributed by atoms with Gasteiger partial charge in [0.05, 0.1) is 5.02 Å². The minimum absolute atomic E-state index is 0.182. The fourth-order valence-electron chi connectivity index (χ4n) is 1.43. The van der Waals surface area contributed by atoms with Crippen molar-refractivity contribution in [3.63, 3.8) is 0 Å². The van der Waals surface area contributed by atoms with Crippen molar-refractivity contribution in [2.45, 2.75) is 25.8 Å². The van der Waals surface area contributed by atoms with E-state index >= 15 is 0 Å². The highest BCUT2D eigenvalue weighted by Crippen LogP contribution is 2.17. The molecule has 1 aromatic carbocycles. The molecule has 0 radical (unpaired) electrons. The highest BCUT2D eigenvalue weighted by molar-refractivity contribution is 6.30. The maximum atomic E-state index is 13.4. The first kappa shape index (κ1) is 13.8. The number of benzene rings is 1. The van der Waals surface area contributed by atoms with Crippen molar-refractivity contribution in [2.75, 3.05) is 12.4 Å². The minimum Gasteiger partial charge on any atom is -0.313 e. The van der Waals surface area contributed by atoms with E-state index in [0.29, 0.717) is 18.0 Å². The molecule has 0 aliphatic carbocycles. The van der Waals surface area contributed by atoms with Crippen molar-refractivity contribution in [1.82, 2.24) is 5.32 Å². The quantitative estimate of drug-likeness (QED) is 0.580. The first-order valence-electron chi connectivity index (χ1n) is 5.45. The van der Waals surface area contributed by atoms with Crippen LogP contribution in [0.3, 0.4) is 0 Å². The zero-order valence-corrected chi connectivity index (χ0v) is 10.6. The summed E-state index contributed by atoms with van der Waals surface area (Å²) in [7, 11) is 0. The molecule has 0 aliphatic heterocycles. The Labute approximate surface area is 106 Å². The van der Waals surface area contributed by atoms with E-state index < -0.39 is 0 Å². The van der Waals surface area contributed by atoms with Crippen LogP contribution in [0.15, 0.2) is 18.2 Å². The lowest BCUT2D eigenvalue weighted by atomic mass is 10.2. The van der Waals surface area contributed by atoms with E-state index in [9.17, 15) is 4.39 Å². The fourth-order valence-corrected chi connectivity index (χ4v) is 1.81. The minimum atomic E-state index is -0.322. The Kier molecular flexibility index (Phi) is 6.78. The third kappa shape index (κ3) is 4.69. The van der Waals surface area contributed by atoms with Crippen LogP contribution in [0.1, 0.15) is 24.8 Å². The summed E-state index contributed by atoms with van der Waals surface area (Å²) in [5.74, 6) is 0.389. The molecule has 0 aliphatic rings. The predicted octanol–water partition coefficient (Wildman–Crippen LogP) is 3.98. The molecule has 90 valence electrons. The summed E-state index contributed by atoms with van der Waals surface area (Å²) in [4.78, 5) is 0. The van der Waals surface area contributed by atoms with E-state index in [1.54, 1.807) is 18.2 Å². The van der Waals surface area contributed by atoms with Crippen LogP contribution in [0, 0.1) is 5.82 Å². The second-order valence-electron chi connectivity index (χ2n) is 3.64.